The van der Waals surface area contributed by atoms with Gasteiger partial charge in [-0.15, -0.1) is 16.8 Å². The molecule has 0 saturated heterocycles. The quantitative estimate of drug-likeness (QED) is 0.794. The number of rotatable bonds is 6. The monoisotopic (exact) mass is 259 g/mol. The SMILES string of the molecule is C=CCNC(=O)COc1ccc(-c2nnco2)cc1. The van der Waals surface area contributed by atoms with Crippen molar-refractivity contribution in [1.29, 1.82) is 0 Å². The number of nitrogens with one attached hydrogen (secondary N) is 1. The van der Waals surface area contributed by atoms with Gasteiger partial charge in [-0.1, -0.05) is 6.08 Å². The van der Waals surface area contributed by atoms with E-state index in [4.69, 9.17) is 9.15 Å². The smallest absolute Gasteiger partial charge is 0.258 e. The highest BCUT2D eigenvalue weighted by molar-refractivity contribution is 5.77. The Kier molecular flexibility index (Phi) is 4.28. The van der Waals surface area contributed by atoms with Crippen molar-refractivity contribution in [3.05, 3.63) is 43.3 Å². The molecule has 1 aromatic heterocycles. The van der Waals surface area contributed by atoms with Gasteiger partial charge in [0.25, 0.3) is 5.91 Å². The van der Waals surface area contributed by atoms with Crippen molar-refractivity contribution in [3.8, 4) is 17.2 Å². The number of carbonyl (C=O) groups excluding carboxylic acids is 1. The van der Waals surface area contributed by atoms with E-state index >= 15 is 0 Å². The van der Waals surface area contributed by atoms with Crippen LogP contribution in [0.15, 0.2) is 47.7 Å². The first-order valence-corrected chi connectivity index (χ1v) is 5.66. The van der Waals surface area contributed by atoms with Gasteiger partial charge in [-0.2, -0.15) is 0 Å². The second kappa shape index (κ2) is 6.34. The van der Waals surface area contributed by atoms with Crippen molar-refractivity contribution < 1.29 is 13.9 Å². The molecule has 0 aliphatic carbocycles. The van der Waals surface area contributed by atoms with Crippen LogP contribution in [0.4, 0.5) is 0 Å². The zero-order valence-corrected chi connectivity index (χ0v) is 10.2. The molecule has 19 heavy (non-hydrogen) atoms. The van der Waals surface area contributed by atoms with E-state index in [2.05, 4.69) is 22.1 Å². The van der Waals surface area contributed by atoms with E-state index in [0.717, 1.165) is 5.56 Å². The van der Waals surface area contributed by atoms with E-state index in [0.29, 0.717) is 18.2 Å². The van der Waals surface area contributed by atoms with Crippen LogP contribution in [0.1, 0.15) is 0 Å². The number of nitrogens with zero attached hydrogens (tertiary/aromatic N) is 2. The van der Waals surface area contributed by atoms with E-state index in [9.17, 15) is 4.79 Å². The van der Waals surface area contributed by atoms with Gasteiger partial charge in [0.05, 0.1) is 0 Å². The molecule has 98 valence electrons. The van der Waals surface area contributed by atoms with Gasteiger partial charge in [0.2, 0.25) is 12.3 Å². The lowest BCUT2D eigenvalue weighted by Crippen LogP contribution is -2.28. The van der Waals surface area contributed by atoms with E-state index in [1.807, 2.05) is 0 Å². The van der Waals surface area contributed by atoms with E-state index in [1.165, 1.54) is 6.39 Å². The Morgan fingerprint density at radius 3 is 2.84 bits per heavy atom. The minimum Gasteiger partial charge on any atom is -0.484 e. The van der Waals surface area contributed by atoms with Crippen molar-refractivity contribution in [2.45, 2.75) is 0 Å². The van der Waals surface area contributed by atoms with Gasteiger partial charge in [-0.3, -0.25) is 4.79 Å². The van der Waals surface area contributed by atoms with Gasteiger partial charge in [-0.25, -0.2) is 0 Å². The number of carbonyl (C=O) groups is 1. The molecule has 0 radical (unpaired) electrons. The maximum atomic E-state index is 11.3. The summed E-state index contributed by atoms with van der Waals surface area (Å²) in [6, 6.07) is 7.04. The molecule has 1 N–H and O–H groups in total. The van der Waals surface area contributed by atoms with E-state index in [1.54, 1.807) is 30.3 Å². The Bertz CT molecular complexity index is 535. The number of hydrogen-bond donors (Lipinski definition) is 1. The Labute approximate surface area is 110 Å². The molecular formula is C13H13N3O3. The van der Waals surface area contributed by atoms with Crippen LogP contribution in [-0.4, -0.2) is 29.3 Å². The topological polar surface area (TPSA) is 77.2 Å². The molecule has 0 aliphatic rings. The summed E-state index contributed by atoms with van der Waals surface area (Å²) in [4.78, 5) is 11.3. The minimum absolute atomic E-state index is 0.0340. The van der Waals surface area contributed by atoms with Crippen molar-refractivity contribution in [2.24, 2.45) is 0 Å². The molecule has 0 atom stereocenters. The van der Waals surface area contributed by atoms with Crippen molar-refractivity contribution >= 4 is 5.91 Å². The third-order valence-electron chi connectivity index (χ3n) is 2.27. The highest BCUT2D eigenvalue weighted by Crippen LogP contribution is 2.19. The van der Waals surface area contributed by atoms with Crippen LogP contribution in [0, 0.1) is 0 Å². The second-order valence-corrected chi connectivity index (χ2v) is 3.65. The van der Waals surface area contributed by atoms with Gasteiger partial charge in [-0.05, 0) is 24.3 Å². The Balaban J connectivity index is 1.89. The van der Waals surface area contributed by atoms with E-state index in [-0.39, 0.29) is 12.5 Å². The first-order valence-electron chi connectivity index (χ1n) is 5.66. The first-order chi connectivity index (χ1) is 9.29. The molecule has 6 nitrogen and oxygen atoms in total. The summed E-state index contributed by atoms with van der Waals surface area (Å²) in [6.07, 6.45) is 2.88. The number of benzene rings is 1. The summed E-state index contributed by atoms with van der Waals surface area (Å²) in [5, 5.41) is 10.0. The molecule has 0 spiro atoms. The van der Waals surface area contributed by atoms with Gasteiger partial charge < -0.3 is 14.5 Å². The van der Waals surface area contributed by atoms with Crippen molar-refractivity contribution in [1.82, 2.24) is 15.5 Å². The zero-order valence-electron chi connectivity index (χ0n) is 10.2. The average Bonchev–Trinajstić information content (AvgIpc) is 2.97. The standard InChI is InChI=1S/C13H13N3O3/c1-2-7-14-12(17)8-18-11-5-3-10(4-6-11)13-16-15-9-19-13/h2-6,9H,1,7-8H2,(H,14,17). The predicted molar refractivity (Wildman–Crippen MR) is 68.4 cm³/mol. The van der Waals surface area contributed by atoms with Crippen LogP contribution in [0.5, 0.6) is 5.75 Å². The number of amides is 1. The zero-order chi connectivity index (χ0) is 13.5. The second-order valence-electron chi connectivity index (χ2n) is 3.65. The molecular weight excluding hydrogens is 246 g/mol. The van der Waals surface area contributed by atoms with Crippen LogP contribution in [0.3, 0.4) is 0 Å². The fourth-order valence-corrected chi connectivity index (χ4v) is 1.38. The Morgan fingerprint density at radius 1 is 1.42 bits per heavy atom. The normalized spacial score (nSPS) is 9.89. The third-order valence-corrected chi connectivity index (χ3v) is 2.27. The first kappa shape index (κ1) is 12.8. The van der Waals surface area contributed by atoms with Gasteiger partial charge in [0, 0.05) is 12.1 Å². The molecule has 0 bridgehead atoms. The molecule has 0 saturated carbocycles. The summed E-state index contributed by atoms with van der Waals surface area (Å²) in [6.45, 7) is 3.90. The van der Waals surface area contributed by atoms with Crippen molar-refractivity contribution in [3.63, 3.8) is 0 Å². The average molecular weight is 259 g/mol. The third kappa shape index (κ3) is 3.67. The van der Waals surface area contributed by atoms with Crippen LogP contribution >= 0.6 is 0 Å². The number of ether oxygens (including phenoxy) is 1. The molecule has 0 fully saturated rings. The Hall–Kier alpha value is -2.63. The highest BCUT2D eigenvalue weighted by atomic mass is 16.5. The largest absolute Gasteiger partial charge is 0.484 e. The fourth-order valence-electron chi connectivity index (χ4n) is 1.38. The van der Waals surface area contributed by atoms with Crippen molar-refractivity contribution in [2.75, 3.05) is 13.2 Å². The molecule has 0 aliphatic heterocycles. The molecule has 6 heteroatoms. The van der Waals surface area contributed by atoms with Gasteiger partial charge >= 0.3 is 0 Å². The lowest BCUT2D eigenvalue weighted by molar-refractivity contribution is -0.122. The summed E-state index contributed by atoms with van der Waals surface area (Å²) >= 11 is 0. The van der Waals surface area contributed by atoms with Gasteiger partial charge in [0.15, 0.2) is 6.61 Å². The predicted octanol–water partition coefficient (Wildman–Crippen LogP) is 1.42. The highest BCUT2D eigenvalue weighted by Gasteiger charge is 2.04. The minimum atomic E-state index is -0.194. The van der Waals surface area contributed by atoms with Crippen LogP contribution in [0.25, 0.3) is 11.5 Å². The number of aromatic nitrogens is 2. The Morgan fingerprint density at radius 2 is 2.21 bits per heavy atom. The summed E-state index contributed by atoms with van der Waals surface area (Å²) < 4.78 is 10.4. The molecule has 1 aromatic carbocycles. The summed E-state index contributed by atoms with van der Waals surface area (Å²) in [5.41, 5.74) is 0.793. The summed E-state index contributed by atoms with van der Waals surface area (Å²) in [5.74, 6) is 0.841. The van der Waals surface area contributed by atoms with Crippen LogP contribution in [0.2, 0.25) is 0 Å². The lowest BCUT2D eigenvalue weighted by Gasteiger charge is -2.06. The fraction of sp³-hybridized carbons (Fsp3) is 0.154. The van der Waals surface area contributed by atoms with Crippen LogP contribution < -0.4 is 10.1 Å². The van der Waals surface area contributed by atoms with Crippen LogP contribution in [-0.2, 0) is 4.79 Å². The molecule has 2 rings (SSSR count). The maximum absolute atomic E-state index is 11.3. The number of hydrogen-bond acceptors (Lipinski definition) is 5. The van der Waals surface area contributed by atoms with Gasteiger partial charge in [0.1, 0.15) is 5.75 Å². The molecule has 1 heterocycles. The maximum Gasteiger partial charge on any atom is 0.258 e. The summed E-state index contributed by atoms with van der Waals surface area (Å²) in [7, 11) is 0. The van der Waals surface area contributed by atoms with E-state index < -0.39 is 0 Å². The molecule has 1 amide bonds. The lowest BCUT2D eigenvalue weighted by atomic mass is 10.2. The molecule has 2 aromatic rings. The molecule has 0 unspecified atom stereocenters.